The molecule has 0 aliphatic carbocycles. The lowest BCUT2D eigenvalue weighted by Crippen LogP contribution is -2.48. The van der Waals surface area contributed by atoms with Crippen molar-refractivity contribution in [1.29, 1.82) is 0 Å². The first kappa shape index (κ1) is 37.1. The van der Waals surface area contributed by atoms with Gasteiger partial charge >= 0.3 is 0 Å². The number of ether oxygens (including phenoxy) is 1. The molecule has 0 bridgehead atoms. The van der Waals surface area contributed by atoms with Crippen LogP contribution in [0, 0.1) is 5.41 Å². The Morgan fingerprint density at radius 2 is 1.48 bits per heavy atom. The Hall–Kier alpha value is -2.91. The second kappa shape index (κ2) is 17.3. The van der Waals surface area contributed by atoms with Crippen molar-refractivity contribution in [2.24, 2.45) is 5.41 Å². The monoisotopic (exact) mass is 637 g/mol. The van der Waals surface area contributed by atoms with Gasteiger partial charge in [0.2, 0.25) is 11.8 Å². The number of rotatable bonds is 12. The number of aromatic nitrogens is 2. The fourth-order valence-corrected chi connectivity index (χ4v) is 4.98. The standard InChI is InChI=1S/C31H39N5O3.3ClH/c1-5-35-27-11-10-26(21-28(27)36(6-2)30(38)31(3,4)29(35)37)39-20-8-18-34(23-25-12-16-32-17-13-25)19-14-24-9-7-15-33-22-24;;;/h7,9-13,15-17,21-22H,5-6,8,14,18-20,23H2,1-4H3;3*1H. The molecular weight excluding hydrogens is 597 g/mol. The number of carbonyl (C=O) groups excluding carboxylic acids is 2. The minimum absolute atomic E-state index is 0. The zero-order chi connectivity index (χ0) is 27.8. The number of amides is 2. The van der Waals surface area contributed by atoms with E-state index in [-0.39, 0.29) is 49.0 Å². The fraction of sp³-hybridized carbons (Fsp3) is 0.419. The Morgan fingerprint density at radius 1 is 0.810 bits per heavy atom. The molecule has 0 fully saturated rings. The van der Waals surface area contributed by atoms with Crippen LogP contribution in [-0.4, -0.2) is 59.5 Å². The zero-order valence-corrected chi connectivity index (χ0v) is 27.1. The normalized spacial score (nSPS) is 13.8. The molecule has 2 aromatic heterocycles. The first-order valence-corrected chi connectivity index (χ1v) is 13.8. The maximum atomic E-state index is 13.3. The van der Waals surface area contributed by atoms with E-state index in [9.17, 15) is 9.59 Å². The van der Waals surface area contributed by atoms with Gasteiger partial charge in [-0.15, -0.1) is 37.2 Å². The van der Waals surface area contributed by atoms with Crippen LogP contribution < -0.4 is 14.5 Å². The predicted octanol–water partition coefficient (Wildman–Crippen LogP) is 6.00. The third-order valence-electron chi connectivity index (χ3n) is 7.20. The molecule has 2 amide bonds. The van der Waals surface area contributed by atoms with Gasteiger partial charge in [0.05, 0.1) is 18.0 Å². The number of hydrogen-bond donors (Lipinski definition) is 0. The highest BCUT2D eigenvalue weighted by Crippen LogP contribution is 2.40. The SMILES string of the molecule is CCN1C(=O)C(C)(C)C(=O)N(CC)c2cc(OCCCN(CCc3cccnc3)Cc3ccncc3)ccc21.Cl.Cl.Cl. The van der Waals surface area contributed by atoms with Gasteiger partial charge in [-0.1, -0.05) is 6.07 Å². The number of fused-ring (bicyclic) bond motifs is 1. The van der Waals surface area contributed by atoms with Crippen LogP contribution >= 0.6 is 37.2 Å². The van der Waals surface area contributed by atoms with Gasteiger partial charge in [0.1, 0.15) is 11.2 Å². The van der Waals surface area contributed by atoms with Gasteiger partial charge in [-0.3, -0.25) is 24.5 Å². The second-order valence-corrected chi connectivity index (χ2v) is 10.3. The van der Waals surface area contributed by atoms with E-state index in [4.69, 9.17) is 4.74 Å². The van der Waals surface area contributed by atoms with Gasteiger partial charge in [-0.2, -0.15) is 0 Å². The van der Waals surface area contributed by atoms with Crippen LogP contribution in [0.5, 0.6) is 5.75 Å². The van der Waals surface area contributed by atoms with Crippen molar-refractivity contribution >= 4 is 60.4 Å². The molecule has 3 aromatic rings. The predicted molar refractivity (Wildman–Crippen MR) is 176 cm³/mol. The van der Waals surface area contributed by atoms with Crippen LogP contribution in [0.1, 0.15) is 45.2 Å². The molecule has 0 spiro atoms. The summed E-state index contributed by atoms with van der Waals surface area (Å²) < 4.78 is 6.16. The lowest BCUT2D eigenvalue weighted by molar-refractivity contribution is -0.137. The molecular formula is C31H42Cl3N5O3. The van der Waals surface area contributed by atoms with Crippen LogP contribution in [0.3, 0.4) is 0 Å². The van der Waals surface area contributed by atoms with Crippen molar-refractivity contribution in [1.82, 2.24) is 14.9 Å². The molecule has 0 saturated carbocycles. The van der Waals surface area contributed by atoms with Crippen molar-refractivity contribution in [2.45, 2.75) is 47.1 Å². The number of nitrogens with zero attached hydrogens (tertiary/aromatic N) is 5. The van der Waals surface area contributed by atoms with E-state index in [2.05, 4.69) is 33.1 Å². The Balaban J connectivity index is 0.00000294. The minimum Gasteiger partial charge on any atom is -0.493 e. The highest BCUT2D eigenvalue weighted by atomic mass is 35.5. The summed E-state index contributed by atoms with van der Waals surface area (Å²) in [6.45, 7) is 11.4. The van der Waals surface area contributed by atoms with Gasteiger partial charge in [-0.25, -0.2) is 0 Å². The number of hydrogen-bond acceptors (Lipinski definition) is 6. The highest BCUT2D eigenvalue weighted by molar-refractivity contribution is 6.20. The summed E-state index contributed by atoms with van der Waals surface area (Å²) in [7, 11) is 0. The number of carbonyl (C=O) groups is 2. The number of pyridine rings is 2. The van der Waals surface area contributed by atoms with Gasteiger partial charge in [0.15, 0.2) is 0 Å². The molecule has 0 unspecified atom stereocenters. The summed E-state index contributed by atoms with van der Waals surface area (Å²) >= 11 is 0. The second-order valence-electron chi connectivity index (χ2n) is 10.3. The van der Waals surface area contributed by atoms with Gasteiger partial charge in [0, 0.05) is 63.6 Å². The molecule has 4 rings (SSSR count). The zero-order valence-electron chi connectivity index (χ0n) is 24.7. The molecule has 8 nitrogen and oxygen atoms in total. The molecule has 0 radical (unpaired) electrons. The van der Waals surface area contributed by atoms with Gasteiger partial charge in [0.25, 0.3) is 0 Å². The largest absolute Gasteiger partial charge is 0.493 e. The fourth-order valence-electron chi connectivity index (χ4n) is 4.98. The lowest BCUT2D eigenvalue weighted by atomic mass is 9.90. The molecule has 1 aliphatic rings. The van der Waals surface area contributed by atoms with E-state index in [1.807, 2.05) is 56.7 Å². The van der Waals surface area contributed by atoms with Crippen molar-refractivity contribution in [3.05, 3.63) is 78.4 Å². The van der Waals surface area contributed by atoms with Crippen LogP contribution in [0.2, 0.25) is 0 Å². The van der Waals surface area contributed by atoms with Gasteiger partial charge < -0.3 is 14.5 Å². The average Bonchev–Trinajstić information content (AvgIpc) is 3.01. The van der Waals surface area contributed by atoms with Gasteiger partial charge in [-0.05, 0) is 82.0 Å². The summed E-state index contributed by atoms with van der Waals surface area (Å²) in [6.07, 6.45) is 9.15. The van der Waals surface area contributed by atoms with E-state index in [0.29, 0.717) is 25.4 Å². The van der Waals surface area contributed by atoms with E-state index in [1.165, 1.54) is 11.1 Å². The van der Waals surface area contributed by atoms with Crippen LogP contribution in [0.15, 0.2) is 67.3 Å². The molecule has 0 saturated heterocycles. The third-order valence-corrected chi connectivity index (χ3v) is 7.20. The molecule has 3 heterocycles. The number of benzene rings is 1. The third kappa shape index (κ3) is 8.80. The summed E-state index contributed by atoms with van der Waals surface area (Å²) in [4.78, 5) is 40.7. The number of halogens is 3. The molecule has 11 heteroatoms. The van der Waals surface area contributed by atoms with Crippen molar-refractivity contribution in [2.75, 3.05) is 42.6 Å². The lowest BCUT2D eigenvalue weighted by Gasteiger charge is -2.27. The first-order chi connectivity index (χ1) is 18.8. The first-order valence-electron chi connectivity index (χ1n) is 13.8. The minimum atomic E-state index is -1.12. The van der Waals surface area contributed by atoms with Crippen molar-refractivity contribution in [3.63, 3.8) is 0 Å². The summed E-state index contributed by atoms with van der Waals surface area (Å²) in [6, 6.07) is 13.9. The van der Waals surface area contributed by atoms with Crippen molar-refractivity contribution in [3.8, 4) is 5.75 Å². The number of anilines is 2. The van der Waals surface area contributed by atoms with E-state index < -0.39 is 5.41 Å². The Bertz CT molecular complexity index is 1270. The molecule has 0 atom stereocenters. The summed E-state index contributed by atoms with van der Waals surface area (Å²) in [5, 5.41) is 0. The average molecular weight is 639 g/mol. The van der Waals surface area contributed by atoms with E-state index in [0.717, 1.165) is 43.9 Å². The quantitative estimate of drug-likeness (QED) is 0.179. The maximum Gasteiger partial charge on any atom is 0.242 e. The molecule has 1 aromatic carbocycles. The molecule has 230 valence electrons. The van der Waals surface area contributed by atoms with Crippen LogP contribution in [-0.2, 0) is 22.6 Å². The van der Waals surface area contributed by atoms with Crippen LogP contribution in [0.4, 0.5) is 11.4 Å². The summed E-state index contributed by atoms with van der Waals surface area (Å²) in [5.41, 5.74) is 2.78. The molecule has 0 N–H and O–H groups in total. The smallest absolute Gasteiger partial charge is 0.242 e. The Morgan fingerprint density at radius 3 is 2.10 bits per heavy atom. The molecule has 42 heavy (non-hydrogen) atoms. The van der Waals surface area contributed by atoms with E-state index >= 15 is 0 Å². The van der Waals surface area contributed by atoms with E-state index in [1.54, 1.807) is 29.8 Å². The van der Waals surface area contributed by atoms with Crippen molar-refractivity contribution < 1.29 is 14.3 Å². The Kier molecular flexibility index (Phi) is 15.3. The Labute approximate surface area is 268 Å². The highest BCUT2D eigenvalue weighted by Gasteiger charge is 2.45. The summed E-state index contributed by atoms with van der Waals surface area (Å²) in [5.74, 6) is 0.324. The topological polar surface area (TPSA) is 78.9 Å². The van der Waals surface area contributed by atoms with Crippen LogP contribution in [0.25, 0.3) is 0 Å². The maximum absolute atomic E-state index is 13.3. The molecule has 1 aliphatic heterocycles.